The van der Waals surface area contributed by atoms with Crippen molar-refractivity contribution in [1.82, 2.24) is 5.32 Å². The minimum Gasteiger partial charge on any atom is -0.311 e. The lowest BCUT2D eigenvalue weighted by atomic mass is 10.1. The molecule has 0 aromatic rings. The summed E-state index contributed by atoms with van der Waals surface area (Å²) >= 11 is 0. The summed E-state index contributed by atoms with van der Waals surface area (Å²) in [5, 5.41) is 2.90. The maximum Gasteiger partial charge on any atom is 0.146 e. The smallest absolute Gasteiger partial charge is 0.146 e. The van der Waals surface area contributed by atoms with E-state index < -0.39 is 0 Å². The Kier molecular flexibility index (Phi) is 3.44. The fourth-order valence-corrected chi connectivity index (χ4v) is 0.695. The molecule has 0 rings (SSSR count). The van der Waals surface area contributed by atoms with Gasteiger partial charge in [0.05, 0.1) is 6.04 Å². The van der Waals surface area contributed by atoms with Crippen LogP contribution in [-0.4, -0.2) is 18.9 Å². The van der Waals surface area contributed by atoms with E-state index in [1.807, 2.05) is 6.92 Å². The fraction of sp³-hybridized carbons (Fsp3) is 0.833. The van der Waals surface area contributed by atoms with Gasteiger partial charge in [-0.3, -0.25) is 4.79 Å². The van der Waals surface area contributed by atoms with E-state index in [0.717, 1.165) is 6.42 Å². The minimum atomic E-state index is 0. The Hall–Kier alpha value is -0.370. The van der Waals surface area contributed by atoms with Crippen molar-refractivity contribution >= 4 is 5.78 Å². The highest BCUT2D eigenvalue weighted by Gasteiger charge is 2.05. The number of carbonyl (C=O) groups excluding carboxylic acids is 1. The summed E-state index contributed by atoms with van der Waals surface area (Å²) in [5.74, 6) is 0.218. The third-order valence-electron chi connectivity index (χ3n) is 1.25. The molecule has 2 nitrogen and oxygen atoms in total. The van der Waals surface area contributed by atoms with Crippen LogP contribution >= 0.6 is 0 Å². The first-order chi connectivity index (χ1) is 3.72. The molecule has 0 radical (unpaired) electrons. The van der Waals surface area contributed by atoms with E-state index in [2.05, 4.69) is 5.32 Å². The average Bonchev–Trinajstić information content (AvgIpc) is 1.69. The Balaban J connectivity index is 0. The number of carbonyl (C=O) groups is 1. The van der Waals surface area contributed by atoms with E-state index >= 15 is 0 Å². The first kappa shape index (κ1) is 7.63. The lowest BCUT2D eigenvalue weighted by molar-refractivity contribution is -0.118. The maximum absolute atomic E-state index is 10.5. The van der Waals surface area contributed by atoms with Crippen molar-refractivity contribution in [1.29, 1.82) is 0 Å². The molecule has 8 heavy (non-hydrogen) atoms. The van der Waals surface area contributed by atoms with Crippen LogP contribution in [0.4, 0.5) is 0 Å². The van der Waals surface area contributed by atoms with Crippen molar-refractivity contribution in [2.45, 2.75) is 26.3 Å². The average molecular weight is 117 g/mol. The van der Waals surface area contributed by atoms with E-state index in [4.69, 9.17) is 0 Å². The summed E-state index contributed by atoms with van der Waals surface area (Å²) in [4.78, 5) is 10.5. The first-order valence-corrected chi connectivity index (χ1v) is 2.90. The zero-order chi connectivity index (χ0) is 6.57. The van der Waals surface area contributed by atoms with Crippen LogP contribution in [0.25, 0.3) is 0 Å². The van der Waals surface area contributed by atoms with Gasteiger partial charge in [-0.2, -0.15) is 0 Å². The molecule has 0 heterocycles. The van der Waals surface area contributed by atoms with Crippen LogP contribution in [0, 0.1) is 0 Å². The van der Waals surface area contributed by atoms with Gasteiger partial charge in [0, 0.05) is 1.43 Å². The summed E-state index contributed by atoms with van der Waals surface area (Å²) in [7, 11) is 1.80. The highest BCUT2D eigenvalue weighted by molar-refractivity contribution is 5.81. The maximum atomic E-state index is 10.5. The van der Waals surface area contributed by atoms with Gasteiger partial charge in [0.1, 0.15) is 5.78 Å². The highest BCUT2D eigenvalue weighted by atomic mass is 16.1. The van der Waals surface area contributed by atoms with Crippen molar-refractivity contribution in [3.05, 3.63) is 0 Å². The molecule has 0 aliphatic heterocycles. The van der Waals surface area contributed by atoms with Crippen LogP contribution in [-0.2, 0) is 4.79 Å². The van der Waals surface area contributed by atoms with Gasteiger partial charge in [0.25, 0.3) is 0 Å². The molecule has 1 N–H and O–H groups in total. The number of nitrogens with one attached hydrogen (secondary N) is 1. The number of likely N-dealkylation sites (N-methyl/N-ethyl adjacent to an activating group) is 1. The number of ketones is 1. The minimum absolute atomic E-state index is 0. The van der Waals surface area contributed by atoms with Gasteiger partial charge in [0.15, 0.2) is 0 Å². The zero-order valence-electron chi connectivity index (χ0n) is 5.69. The predicted octanol–water partition coefficient (Wildman–Crippen LogP) is 0.819. The number of hydrogen-bond donors (Lipinski definition) is 1. The first-order valence-electron chi connectivity index (χ1n) is 2.90. The fourth-order valence-electron chi connectivity index (χ4n) is 0.695. The van der Waals surface area contributed by atoms with E-state index in [1.165, 1.54) is 0 Å². The van der Waals surface area contributed by atoms with Crippen LogP contribution in [0.1, 0.15) is 21.7 Å². The van der Waals surface area contributed by atoms with Crippen LogP contribution in [0.5, 0.6) is 0 Å². The number of hydrogen-bond acceptors (Lipinski definition) is 2. The Bertz CT molecular complexity index is 81.1. The van der Waals surface area contributed by atoms with Crippen LogP contribution < -0.4 is 5.32 Å². The molecule has 0 spiro atoms. The van der Waals surface area contributed by atoms with Crippen LogP contribution in [0.2, 0.25) is 0 Å². The molecule has 0 fully saturated rings. The van der Waals surface area contributed by atoms with Gasteiger partial charge in [-0.25, -0.2) is 0 Å². The monoisotopic (exact) mass is 117 g/mol. The third-order valence-corrected chi connectivity index (χ3v) is 1.25. The second kappa shape index (κ2) is 3.61. The number of Topliss-reactive ketones (excluding diaryl/α,β-unsaturated/α-hetero) is 1. The zero-order valence-corrected chi connectivity index (χ0v) is 5.69. The van der Waals surface area contributed by atoms with E-state index in [-0.39, 0.29) is 13.3 Å². The molecule has 50 valence electrons. The molecule has 0 aliphatic rings. The van der Waals surface area contributed by atoms with Gasteiger partial charge in [-0.15, -0.1) is 0 Å². The van der Waals surface area contributed by atoms with Gasteiger partial charge in [0.2, 0.25) is 0 Å². The molecule has 0 aromatic heterocycles. The molecular weight excluding hydrogens is 102 g/mol. The molecular formula is C6H15NO. The van der Waals surface area contributed by atoms with E-state index in [1.54, 1.807) is 14.0 Å². The Labute approximate surface area is 51.8 Å². The van der Waals surface area contributed by atoms with Gasteiger partial charge >= 0.3 is 0 Å². The van der Waals surface area contributed by atoms with Crippen molar-refractivity contribution in [3.63, 3.8) is 0 Å². The summed E-state index contributed by atoms with van der Waals surface area (Å²) in [5.41, 5.74) is 0. The van der Waals surface area contributed by atoms with E-state index in [9.17, 15) is 4.79 Å². The molecule has 0 saturated heterocycles. The molecule has 0 aromatic carbocycles. The molecule has 0 unspecified atom stereocenters. The predicted molar refractivity (Wildman–Crippen MR) is 35.9 cm³/mol. The van der Waals surface area contributed by atoms with Crippen molar-refractivity contribution in [2.75, 3.05) is 7.05 Å². The molecule has 1 atom stereocenters. The Morgan fingerprint density at radius 3 is 2.38 bits per heavy atom. The summed E-state index contributed by atoms with van der Waals surface area (Å²) in [6.45, 7) is 3.59. The molecule has 0 amide bonds. The Morgan fingerprint density at radius 2 is 2.38 bits per heavy atom. The topological polar surface area (TPSA) is 29.1 Å². The van der Waals surface area contributed by atoms with E-state index in [0.29, 0.717) is 0 Å². The molecule has 2 heteroatoms. The third kappa shape index (κ3) is 2.07. The van der Waals surface area contributed by atoms with Gasteiger partial charge in [-0.05, 0) is 20.4 Å². The normalized spacial score (nSPS) is 13.4. The summed E-state index contributed by atoms with van der Waals surface area (Å²) in [6, 6.07) is 0.0648. The summed E-state index contributed by atoms with van der Waals surface area (Å²) in [6.07, 6.45) is 0.881. The standard InChI is InChI=1S/C6H13NO.H2/c1-4-6(7-3)5(2)8;/h6-7H,4H2,1-3H3;1H/t6-;/m0./s1. The Morgan fingerprint density at radius 1 is 1.88 bits per heavy atom. The quantitative estimate of drug-likeness (QED) is 0.593. The van der Waals surface area contributed by atoms with Crippen LogP contribution in [0.3, 0.4) is 0 Å². The van der Waals surface area contributed by atoms with Crippen molar-refractivity contribution in [3.8, 4) is 0 Å². The second-order valence-corrected chi connectivity index (χ2v) is 1.86. The highest BCUT2D eigenvalue weighted by Crippen LogP contribution is 1.88. The van der Waals surface area contributed by atoms with Gasteiger partial charge < -0.3 is 5.32 Å². The van der Waals surface area contributed by atoms with Crippen molar-refractivity contribution in [2.24, 2.45) is 0 Å². The molecule has 0 bridgehead atoms. The van der Waals surface area contributed by atoms with Gasteiger partial charge in [-0.1, -0.05) is 6.92 Å². The van der Waals surface area contributed by atoms with Crippen molar-refractivity contribution < 1.29 is 6.22 Å². The lowest BCUT2D eigenvalue weighted by Gasteiger charge is -2.07. The second-order valence-electron chi connectivity index (χ2n) is 1.86. The number of rotatable bonds is 3. The SMILES string of the molecule is CC[C@H](NC)C(C)=O.[HH]. The largest absolute Gasteiger partial charge is 0.311 e. The summed E-state index contributed by atoms with van der Waals surface area (Å²) < 4.78 is 0. The van der Waals surface area contributed by atoms with Crippen LogP contribution in [0.15, 0.2) is 0 Å². The molecule has 0 aliphatic carbocycles. The molecule has 0 saturated carbocycles. The lowest BCUT2D eigenvalue weighted by Crippen LogP contribution is -2.31.